The molecule has 0 bridgehead atoms. The summed E-state index contributed by atoms with van der Waals surface area (Å²) >= 11 is 0. The summed E-state index contributed by atoms with van der Waals surface area (Å²) in [6.45, 7) is 1.28. The lowest BCUT2D eigenvalue weighted by Crippen LogP contribution is -2.38. The molecule has 6 nitrogen and oxygen atoms in total. The quantitative estimate of drug-likeness (QED) is 0.405. The van der Waals surface area contributed by atoms with Crippen LogP contribution >= 0.6 is 0 Å². The highest BCUT2D eigenvalue weighted by molar-refractivity contribution is 5.83. The highest BCUT2D eigenvalue weighted by Gasteiger charge is 2.11. The van der Waals surface area contributed by atoms with Crippen molar-refractivity contribution in [2.75, 3.05) is 14.1 Å². The van der Waals surface area contributed by atoms with E-state index in [1.807, 2.05) is 48.6 Å². The summed E-state index contributed by atoms with van der Waals surface area (Å²) in [6.07, 6.45) is 3.70. The summed E-state index contributed by atoms with van der Waals surface area (Å²) in [6, 6.07) is 20.5. The molecule has 0 atom stereocenters. The molecule has 0 aliphatic heterocycles. The summed E-state index contributed by atoms with van der Waals surface area (Å²) in [4.78, 5) is 18.9. The number of guanidine groups is 1. The lowest BCUT2D eigenvalue weighted by molar-refractivity contribution is 0.464. The highest BCUT2D eigenvalue weighted by Crippen LogP contribution is 2.17. The number of fused-ring (bicyclic) bond motifs is 1. The number of nitrogens with one attached hydrogen (secondary N) is 2. The zero-order valence-corrected chi connectivity index (χ0v) is 16.6. The molecule has 4 aromatic rings. The Bertz CT molecular complexity index is 1110. The SMILES string of the molecule is CN=C(NCc1cccc2cccnc12)N(C)Cc1ncc(-c2ccccc2)[nH]1. The fourth-order valence-corrected chi connectivity index (χ4v) is 3.38. The molecular weight excluding hydrogens is 360 g/mol. The average molecular weight is 384 g/mol. The Morgan fingerprint density at radius 2 is 1.86 bits per heavy atom. The largest absolute Gasteiger partial charge is 0.352 e. The van der Waals surface area contributed by atoms with Gasteiger partial charge in [0.15, 0.2) is 5.96 Å². The van der Waals surface area contributed by atoms with Gasteiger partial charge in [0.05, 0.1) is 24.0 Å². The number of aromatic nitrogens is 3. The van der Waals surface area contributed by atoms with Gasteiger partial charge < -0.3 is 15.2 Å². The molecule has 0 radical (unpaired) electrons. The number of aromatic amines is 1. The van der Waals surface area contributed by atoms with Crippen molar-refractivity contribution in [2.24, 2.45) is 4.99 Å². The molecule has 0 saturated carbocycles. The van der Waals surface area contributed by atoms with Gasteiger partial charge in [-0.15, -0.1) is 0 Å². The van der Waals surface area contributed by atoms with E-state index in [0.717, 1.165) is 39.5 Å². The molecule has 2 aromatic carbocycles. The van der Waals surface area contributed by atoms with Gasteiger partial charge >= 0.3 is 0 Å². The van der Waals surface area contributed by atoms with Crippen LogP contribution in [0.4, 0.5) is 0 Å². The molecule has 6 heteroatoms. The van der Waals surface area contributed by atoms with Crippen molar-refractivity contribution in [3.8, 4) is 11.3 Å². The normalized spacial score (nSPS) is 11.6. The van der Waals surface area contributed by atoms with Gasteiger partial charge in [0.2, 0.25) is 0 Å². The van der Waals surface area contributed by atoms with Crippen molar-refractivity contribution < 1.29 is 0 Å². The van der Waals surface area contributed by atoms with Gasteiger partial charge in [0.25, 0.3) is 0 Å². The summed E-state index contributed by atoms with van der Waals surface area (Å²) in [5, 5.41) is 4.57. The lowest BCUT2D eigenvalue weighted by atomic mass is 10.1. The fourth-order valence-electron chi connectivity index (χ4n) is 3.38. The zero-order chi connectivity index (χ0) is 20.1. The number of pyridine rings is 1. The van der Waals surface area contributed by atoms with Gasteiger partial charge in [-0.25, -0.2) is 4.98 Å². The van der Waals surface area contributed by atoms with Crippen LogP contribution in [0.15, 0.2) is 78.0 Å². The van der Waals surface area contributed by atoms with E-state index in [1.54, 1.807) is 7.05 Å². The first kappa shape index (κ1) is 18.7. The molecular formula is C23H24N6. The molecule has 29 heavy (non-hydrogen) atoms. The number of hydrogen-bond acceptors (Lipinski definition) is 3. The Labute approximate surface area is 170 Å². The second-order valence-corrected chi connectivity index (χ2v) is 6.86. The van der Waals surface area contributed by atoms with Crippen molar-refractivity contribution in [1.29, 1.82) is 0 Å². The zero-order valence-electron chi connectivity index (χ0n) is 16.6. The van der Waals surface area contributed by atoms with Crippen molar-refractivity contribution >= 4 is 16.9 Å². The predicted molar refractivity (Wildman–Crippen MR) is 117 cm³/mol. The predicted octanol–water partition coefficient (Wildman–Crippen LogP) is 3.83. The van der Waals surface area contributed by atoms with Crippen LogP contribution in [0.25, 0.3) is 22.2 Å². The Hall–Kier alpha value is -3.67. The maximum Gasteiger partial charge on any atom is 0.194 e. The van der Waals surface area contributed by atoms with Crippen molar-refractivity contribution in [2.45, 2.75) is 13.1 Å². The third-order valence-corrected chi connectivity index (χ3v) is 4.83. The van der Waals surface area contributed by atoms with Crippen LogP contribution in [-0.4, -0.2) is 39.9 Å². The molecule has 0 amide bonds. The number of H-pyrrole nitrogens is 1. The molecule has 2 N–H and O–H groups in total. The molecule has 2 aromatic heterocycles. The number of aliphatic imine (C=N–C) groups is 1. The van der Waals surface area contributed by atoms with Crippen LogP contribution < -0.4 is 5.32 Å². The number of nitrogens with zero attached hydrogens (tertiary/aromatic N) is 4. The number of rotatable bonds is 5. The van der Waals surface area contributed by atoms with Crippen LogP contribution in [0.2, 0.25) is 0 Å². The molecule has 0 aliphatic rings. The van der Waals surface area contributed by atoms with E-state index in [4.69, 9.17) is 0 Å². The number of imidazole rings is 1. The molecule has 146 valence electrons. The first-order chi connectivity index (χ1) is 14.2. The van der Waals surface area contributed by atoms with Gasteiger partial charge in [0.1, 0.15) is 5.82 Å². The minimum absolute atomic E-state index is 0.625. The minimum Gasteiger partial charge on any atom is -0.352 e. The lowest BCUT2D eigenvalue weighted by Gasteiger charge is -2.21. The fraction of sp³-hybridized carbons (Fsp3) is 0.174. The van der Waals surface area contributed by atoms with Crippen LogP contribution in [0.5, 0.6) is 0 Å². The molecule has 0 saturated heterocycles. The molecule has 0 spiro atoms. The first-order valence-corrected chi connectivity index (χ1v) is 9.58. The Balaban J connectivity index is 1.42. The van der Waals surface area contributed by atoms with Gasteiger partial charge in [-0.2, -0.15) is 0 Å². The monoisotopic (exact) mass is 384 g/mol. The molecule has 0 fully saturated rings. The topological polar surface area (TPSA) is 69.2 Å². The van der Waals surface area contributed by atoms with E-state index in [-0.39, 0.29) is 0 Å². The smallest absolute Gasteiger partial charge is 0.194 e. The number of hydrogen-bond donors (Lipinski definition) is 2. The first-order valence-electron chi connectivity index (χ1n) is 9.58. The van der Waals surface area contributed by atoms with Gasteiger partial charge in [-0.1, -0.05) is 54.6 Å². The van der Waals surface area contributed by atoms with Crippen LogP contribution in [0, 0.1) is 0 Å². The van der Waals surface area contributed by atoms with E-state index >= 15 is 0 Å². The molecule has 0 unspecified atom stereocenters. The van der Waals surface area contributed by atoms with E-state index in [9.17, 15) is 0 Å². The van der Waals surface area contributed by atoms with Crippen LogP contribution in [-0.2, 0) is 13.1 Å². The Kier molecular flexibility index (Phi) is 5.52. The Morgan fingerprint density at radius 1 is 1.03 bits per heavy atom. The summed E-state index contributed by atoms with van der Waals surface area (Å²) in [7, 11) is 3.79. The van der Waals surface area contributed by atoms with Crippen LogP contribution in [0.1, 0.15) is 11.4 Å². The van der Waals surface area contributed by atoms with E-state index in [0.29, 0.717) is 13.1 Å². The summed E-state index contributed by atoms with van der Waals surface area (Å²) < 4.78 is 0. The number of benzene rings is 2. The van der Waals surface area contributed by atoms with Crippen molar-refractivity contribution in [1.82, 2.24) is 25.2 Å². The van der Waals surface area contributed by atoms with Gasteiger partial charge in [-0.05, 0) is 17.2 Å². The van der Waals surface area contributed by atoms with Gasteiger partial charge in [-0.3, -0.25) is 9.98 Å². The maximum absolute atomic E-state index is 4.52. The second-order valence-electron chi connectivity index (χ2n) is 6.86. The van der Waals surface area contributed by atoms with E-state index in [2.05, 4.69) is 61.7 Å². The standard InChI is InChI=1S/C23H24N6/c1-24-23(27-14-19-11-6-10-18-12-7-13-25-22(18)19)29(2)16-21-26-15-20(28-21)17-8-4-3-5-9-17/h3-13,15H,14,16H2,1-2H3,(H,24,27)(H,26,28). The molecule has 0 aliphatic carbocycles. The molecule has 2 heterocycles. The average Bonchev–Trinajstić information content (AvgIpc) is 3.23. The van der Waals surface area contributed by atoms with E-state index in [1.165, 1.54) is 0 Å². The van der Waals surface area contributed by atoms with Crippen molar-refractivity contribution in [3.63, 3.8) is 0 Å². The highest BCUT2D eigenvalue weighted by atomic mass is 15.3. The molecule has 4 rings (SSSR count). The van der Waals surface area contributed by atoms with Crippen molar-refractivity contribution in [3.05, 3.63) is 84.4 Å². The Morgan fingerprint density at radius 3 is 2.69 bits per heavy atom. The minimum atomic E-state index is 0.625. The third kappa shape index (κ3) is 4.27. The summed E-state index contributed by atoms with van der Waals surface area (Å²) in [5.41, 5.74) is 4.29. The number of para-hydroxylation sites is 1. The third-order valence-electron chi connectivity index (χ3n) is 4.83. The summed E-state index contributed by atoms with van der Waals surface area (Å²) in [5.74, 6) is 1.69. The van der Waals surface area contributed by atoms with Crippen LogP contribution in [0.3, 0.4) is 0 Å². The van der Waals surface area contributed by atoms with E-state index < -0.39 is 0 Å². The maximum atomic E-state index is 4.52. The second kappa shape index (κ2) is 8.56. The van der Waals surface area contributed by atoms with Gasteiger partial charge in [0, 0.05) is 32.2 Å².